The molecule has 102 valence electrons. The molecule has 0 saturated heterocycles. The SMILES string of the molecule is COc1ccc(NC(C#N)c2cc(F)ccc2C)cc1. The Morgan fingerprint density at radius 1 is 1.20 bits per heavy atom. The molecule has 0 heterocycles. The highest BCUT2D eigenvalue weighted by Crippen LogP contribution is 2.24. The average molecular weight is 270 g/mol. The molecule has 1 N–H and O–H groups in total. The van der Waals surface area contributed by atoms with Gasteiger partial charge in [-0.3, -0.25) is 0 Å². The zero-order chi connectivity index (χ0) is 14.5. The zero-order valence-electron chi connectivity index (χ0n) is 11.4. The van der Waals surface area contributed by atoms with Crippen LogP contribution in [0.4, 0.5) is 10.1 Å². The van der Waals surface area contributed by atoms with Crippen LogP contribution in [0, 0.1) is 24.1 Å². The van der Waals surface area contributed by atoms with Crippen molar-refractivity contribution in [3.05, 3.63) is 59.4 Å². The first-order valence-corrected chi connectivity index (χ1v) is 6.20. The summed E-state index contributed by atoms with van der Waals surface area (Å²) < 4.78 is 18.4. The van der Waals surface area contributed by atoms with Crippen LogP contribution in [0.25, 0.3) is 0 Å². The number of halogens is 1. The smallest absolute Gasteiger partial charge is 0.140 e. The van der Waals surface area contributed by atoms with Crippen molar-refractivity contribution in [2.24, 2.45) is 0 Å². The molecule has 0 saturated carbocycles. The Kier molecular flexibility index (Phi) is 4.21. The third-order valence-electron chi connectivity index (χ3n) is 3.08. The number of nitrogens with zero attached hydrogens (tertiary/aromatic N) is 1. The van der Waals surface area contributed by atoms with Gasteiger partial charge in [0.25, 0.3) is 0 Å². The Hall–Kier alpha value is -2.54. The molecule has 4 heteroatoms. The fourth-order valence-corrected chi connectivity index (χ4v) is 1.96. The van der Waals surface area contributed by atoms with Gasteiger partial charge in [0, 0.05) is 5.69 Å². The van der Waals surface area contributed by atoms with Gasteiger partial charge in [-0.1, -0.05) is 6.07 Å². The molecule has 0 radical (unpaired) electrons. The zero-order valence-corrected chi connectivity index (χ0v) is 11.4. The van der Waals surface area contributed by atoms with Gasteiger partial charge in [-0.2, -0.15) is 5.26 Å². The van der Waals surface area contributed by atoms with E-state index in [1.54, 1.807) is 25.3 Å². The van der Waals surface area contributed by atoms with Crippen LogP contribution < -0.4 is 10.1 Å². The lowest BCUT2D eigenvalue weighted by atomic mass is 10.0. The molecule has 0 spiro atoms. The molecule has 2 aromatic rings. The largest absolute Gasteiger partial charge is 0.497 e. The summed E-state index contributed by atoms with van der Waals surface area (Å²) in [6.07, 6.45) is 0. The van der Waals surface area contributed by atoms with Gasteiger partial charge < -0.3 is 10.1 Å². The summed E-state index contributed by atoms with van der Waals surface area (Å²) in [6.45, 7) is 1.86. The van der Waals surface area contributed by atoms with Crippen molar-refractivity contribution in [3.63, 3.8) is 0 Å². The maximum atomic E-state index is 13.3. The summed E-state index contributed by atoms with van der Waals surface area (Å²) in [5, 5.41) is 12.4. The van der Waals surface area contributed by atoms with E-state index < -0.39 is 6.04 Å². The van der Waals surface area contributed by atoms with E-state index in [9.17, 15) is 9.65 Å². The standard InChI is InChI=1S/C16H15FN2O/c1-11-3-4-12(17)9-15(11)16(10-18)19-13-5-7-14(20-2)8-6-13/h3-9,16,19H,1-2H3. The Bertz CT molecular complexity index is 632. The molecule has 0 aromatic heterocycles. The van der Waals surface area contributed by atoms with E-state index in [0.29, 0.717) is 5.56 Å². The molecule has 2 aromatic carbocycles. The van der Waals surface area contributed by atoms with E-state index in [0.717, 1.165) is 17.0 Å². The van der Waals surface area contributed by atoms with Gasteiger partial charge in [0.1, 0.15) is 17.6 Å². The molecule has 1 unspecified atom stereocenters. The Labute approximate surface area is 117 Å². The minimum Gasteiger partial charge on any atom is -0.497 e. The number of rotatable bonds is 4. The minimum absolute atomic E-state index is 0.345. The maximum Gasteiger partial charge on any atom is 0.140 e. The van der Waals surface area contributed by atoms with Crippen molar-refractivity contribution >= 4 is 5.69 Å². The lowest BCUT2D eigenvalue weighted by molar-refractivity contribution is 0.415. The molecular weight excluding hydrogens is 255 g/mol. The summed E-state index contributed by atoms with van der Waals surface area (Å²) in [4.78, 5) is 0. The third-order valence-corrected chi connectivity index (χ3v) is 3.08. The molecule has 0 aliphatic heterocycles. The van der Waals surface area contributed by atoms with Crippen LogP contribution in [0.2, 0.25) is 0 Å². The average Bonchev–Trinajstić information content (AvgIpc) is 2.48. The number of methoxy groups -OCH3 is 1. The highest BCUT2D eigenvalue weighted by Gasteiger charge is 2.13. The number of anilines is 1. The van der Waals surface area contributed by atoms with Crippen molar-refractivity contribution in [2.75, 3.05) is 12.4 Å². The second kappa shape index (κ2) is 6.07. The van der Waals surface area contributed by atoms with Crippen molar-refractivity contribution in [3.8, 4) is 11.8 Å². The number of nitriles is 1. The Morgan fingerprint density at radius 2 is 1.90 bits per heavy atom. The van der Waals surface area contributed by atoms with Crippen LogP contribution in [0.5, 0.6) is 5.75 Å². The van der Waals surface area contributed by atoms with Crippen molar-refractivity contribution in [1.82, 2.24) is 0 Å². The Balaban J connectivity index is 2.24. The minimum atomic E-state index is -0.598. The summed E-state index contributed by atoms with van der Waals surface area (Å²) >= 11 is 0. The molecule has 0 aliphatic carbocycles. The van der Waals surface area contributed by atoms with Gasteiger partial charge >= 0.3 is 0 Å². The number of aryl methyl sites for hydroxylation is 1. The number of benzene rings is 2. The monoisotopic (exact) mass is 270 g/mol. The lowest BCUT2D eigenvalue weighted by Gasteiger charge is -2.16. The first kappa shape index (κ1) is 13.9. The van der Waals surface area contributed by atoms with Gasteiger partial charge in [-0.15, -0.1) is 0 Å². The number of nitrogens with one attached hydrogen (secondary N) is 1. The van der Waals surface area contributed by atoms with Gasteiger partial charge in [0.05, 0.1) is 13.2 Å². The summed E-state index contributed by atoms with van der Waals surface area (Å²) in [7, 11) is 1.59. The van der Waals surface area contributed by atoms with Crippen LogP contribution in [-0.2, 0) is 0 Å². The van der Waals surface area contributed by atoms with E-state index in [-0.39, 0.29) is 5.82 Å². The topological polar surface area (TPSA) is 45.0 Å². The van der Waals surface area contributed by atoms with E-state index in [2.05, 4.69) is 11.4 Å². The normalized spacial score (nSPS) is 11.5. The van der Waals surface area contributed by atoms with Crippen LogP contribution in [-0.4, -0.2) is 7.11 Å². The van der Waals surface area contributed by atoms with Crippen LogP contribution in [0.1, 0.15) is 17.2 Å². The second-order valence-electron chi connectivity index (χ2n) is 4.44. The molecule has 3 nitrogen and oxygen atoms in total. The third kappa shape index (κ3) is 3.07. The van der Waals surface area contributed by atoms with Crippen molar-refractivity contribution in [2.45, 2.75) is 13.0 Å². The van der Waals surface area contributed by atoms with Gasteiger partial charge in [0.15, 0.2) is 0 Å². The fraction of sp³-hybridized carbons (Fsp3) is 0.188. The second-order valence-corrected chi connectivity index (χ2v) is 4.44. The molecular formula is C16H15FN2O. The van der Waals surface area contributed by atoms with Gasteiger partial charge in [-0.05, 0) is 54.4 Å². The predicted octanol–water partition coefficient (Wildman–Crippen LogP) is 3.82. The van der Waals surface area contributed by atoms with Gasteiger partial charge in [-0.25, -0.2) is 4.39 Å². The first-order valence-electron chi connectivity index (χ1n) is 6.20. The summed E-state index contributed by atoms with van der Waals surface area (Å²) in [6, 6.07) is 13.2. The predicted molar refractivity (Wildman–Crippen MR) is 76.1 cm³/mol. The first-order chi connectivity index (χ1) is 9.63. The van der Waals surface area contributed by atoms with E-state index in [4.69, 9.17) is 4.74 Å². The highest BCUT2D eigenvalue weighted by molar-refractivity contribution is 5.50. The molecule has 0 amide bonds. The quantitative estimate of drug-likeness (QED) is 0.918. The van der Waals surface area contributed by atoms with E-state index in [1.165, 1.54) is 12.1 Å². The molecule has 0 bridgehead atoms. The molecule has 0 fully saturated rings. The molecule has 2 rings (SSSR count). The van der Waals surface area contributed by atoms with Gasteiger partial charge in [0.2, 0.25) is 0 Å². The Morgan fingerprint density at radius 3 is 2.50 bits per heavy atom. The molecule has 0 aliphatic rings. The summed E-state index contributed by atoms with van der Waals surface area (Å²) in [5.41, 5.74) is 2.29. The lowest BCUT2D eigenvalue weighted by Crippen LogP contribution is -2.10. The van der Waals surface area contributed by atoms with Crippen molar-refractivity contribution in [1.29, 1.82) is 5.26 Å². The number of hydrogen-bond acceptors (Lipinski definition) is 3. The number of hydrogen-bond donors (Lipinski definition) is 1. The van der Waals surface area contributed by atoms with Crippen molar-refractivity contribution < 1.29 is 9.13 Å². The van der Waals surface area contributed by atoms with Crippen LogP contribution in [0.15, 0.2) is 42.5 Å². The van der Waals surface area contributed by atoms with E-state index >= 15 is 0 Å². The highest BCUT2D eigenvalue weighted by atomic mass is 19.1. The molecule has 1 atom stereocenters. The summed E-state index contributed by atoms with van der Waals surface area (Å²) in [5.74, 6) is 0.397. The molecule has 20 heavy (non-hydrogen) atoms. The van der Waals surface area contributed by atoms with Crippen LogP contribution in [0.3, 0.4) is 0 Å². The fourth-order valence-electron chi connectivity index (χ4n) is 1.96. The van der Waals surface area contributed by atoms with Crippen LogP contribution >= 0.6 is 0 Å². The number of ether oxygens (including phenoxy) is 1. The van der Waals surface area contributed by atoms with E-state index in [1.807, 2.05) is 19.1 Å². The maximum absolute atomic E-state index is 13.3.